The van der Waals surface area contributed by atoms with Crippen LogP contribution in [0.3, 0.4) is 0 Å². The van der Waals surface area contributed by atoms with Gasteiger partial charge in [-0.2, -0.15) is 0 Å². The molecule has 0 spiro atoms. The molecule has 142 valence electrons. The highest BCUT2D eigenvalue weighted by atomic mass is 32.2. The fourth-order valence-corrected chi connectivity index (χ4v) is 4.98. The molecule has 1 atom stereocenters. The molecule has 0 radical (unpaired) electrons. The third kappa shape index (κ3) is 4.17. The van der Waals surface area contributed by atoms with E-state index in [0.717, 1.165) is 12.8 Å². The van der Waals surface area contributed by atoms with Gasteiger partial charge < -0.3 is 14.4 Å². The second kappa shape index (κ2) is 7.26. The van der Waals surface area contributed by atoms with Gasteiger partial charge in [0, 0.05) is 17.6 Å². The molecule has 2 aliphatic rings. The predicted octanol–water partition coefficient (Wildman–Crippen LogP) is 1.45. The topological polar surface area (TPSA) is 90.0 Å². The number of carbonyl (C=O) groups excluding carboxylic acids is 2. The zero-order chi connectivity index (χ0) is 18.9. The van der Waals surface area contributed by atoms with Crippen LogP contribution >= 0.6 is 0 Å². The zero-order valence-corrected chi connectivity index (χ0v) is 15.8. The Bertz CT molecular complexity index is 815. The Morgan fingerprint density at radius 3 is 2.42 bits per heavy atom. The molecule has 1 aromatic carbocycles. The maximum Gasteiger partial charge on any atom is 0.261 e. The van der Waals surface area contributed by atoms with Gasteiger partial charge in [-0.15, -0.1) is 0 Å². The van der Waals surface area contributed by atoms with Crippen molar-refractivity contribution < 1.29 is 27.5 Å². The molecule has 3 rings (SSSR count). The lowest BCUT2D eigenvalue weighted by molar-refractivity contribution is -0.135. The number of benzene rings is 1. The van der Waals surface area contributed by atoms with Crippen LogP contribution in [0.1, 0.15) is 36.5 Å². The van der Waals surface area contributed by atoms with E-state index in [1.807, 2.05) is 0 Å². The van der Waals surface area contributed by atoms with E-state index in [-0.39, 0.29) is 41.9 Å². The fraction of sp³-hybridized carbons (Fsp3) is 0.556. The molecule has 0 unspecified atom stereocenters. The van der Waals surface area contributed by atoms with Gasteiger partial charge in [0.05, 0.1) is 18.6 Å². The summed E-state index contributed by atoms with van der Waals surface area (Å²) < 4.78 is 34.3. The van der Waals surface area contributed by atoms with Gasteiger partial charge in [0.2, 0.25) is 0 Å². The Balaban J connectivity index is 1.68. The summed E-state index contributed by atoms with van der Waals surface area (Å²) >= 11 is 0. The summed E-state index contributed by atoms with van der Waals surface area (Å²) in [6.07, 6.45) is 2.29. The lowest BCUT2D eigenvalue weighted by Crippen LogP contribution is -2.45. The van der Waals surface area contributed by atoms with Crippen LogP contribution in [0, 0.1) is 0 Å². The normalized spacial score (nSPS) is 21.2. The van der Waals surface area contributed by atoms with E-state index in [1.165, 1.54) is 14.0 Å². The molecule has 1 aliphatic heterocycles. The van der Waals surface area contributed by atoms with Crippen molar-refractivity contribution in [2.75, 3.05) is 25.2 Å². The van der Waals surface area contributed by atoms with Crippen molar-refractivity contribution in [3.63, 3.8) is 0 Å². The molecule has 2 fully saturated rings. The number of hydrogen-bond acceptors (Lipinski definition) is 6. The molecule has 0 bridgehead atoms. The summed E-state index contributed by atoms with van der Waals surface area (Å²) in [6, 6.07) is 4.65. The van der Waals surface area contributed by atoms with E-state index in [9.17, 15) is 18.0 Å². The van der Waals surface area contributed by atoms with Crippen molar-refractivity contribution in [3.05, 3.63) is 23.8 Å². The molecule has 1 aromatic rings. The van der Waals surface area contributed by atoms with E-state index in [2.05, 4.69) is 0 Å². The number of Topliss-reactive ketones (excluding diaryl/α,β-unsaturated/α-hetero) is 1. The summed E-state index contributed by atoms with van der Waals surface area (Å²) in [7, 11) is -1.59. The molecule has 0 N–H and O–H groups in total. The maximum absolute atomic E-state index is 12.7. The van der Waals surface area contributed by atoms with Crippen LogP contribution in [-0.4, -0.2) is 62.3 Å². The number of hydrogen-bond donors (Lipinski definition) is 0. The zero-order valence-electron chi connectivity index (χ0n) is 14.9. The van der Waals surface area contributed by atoms with Crippen LogP contribution in [-0.2, 0) is 14.6 Å². The summed E-state index contributed by atoms with van der Waals surface area (Å²) in [5.74, 6) is 0.620. The quantitative estimate of drug-likeness (QED) is 0.664. The van der Waals surface area contributed by atoms with E-state index in [1.54, 1.807) is 23.1 Å². The van der Waals surface area contributed by atoms with E-state index in [0.29, 0.717) is 23.5 Å². The number of carbonyl (C=O) groups is 2. The van der Waals surface area contributed by atoms with E-state index < -0.39 is 9.84 Å². The van der Waals surface area contributed by atoms with E-state index >= 15 is 0 Å². The van der Waals surface area contributed by atoms with Crippen LogP contribution < -0.4 is 9.47 Å². The number of sulfone groups is 1. The number of amides is 1. The van der Waals surface area contributed by atoms with Crippen LogP contribution in [0.5, 0.6) is 11.5 Å². The van der Waals surface area contributed by atoms with Crippen LogP contribution in [0.2, 0.25) is 0 Å². The largest absolute Gasteiger partial charge is 0.493 e. The van der Waals surface area contributed by atoms with Gasteiger partial charge in [-0.1, -0.05) is 0 Å². The third-order valence-corrected chi connectivity index (χ3v) is 6.50. The maximum atomic E-state index is 12.7. The monoisotopic (exact) mass is 381 g/mol. The van der Waals surface area contributed by atoms with Crippen molar-refractivity contribution in [1.82, 2.24) is 4.90 Å². The number of nitrogens with zero attached hydrogens (tertiary/aromatic N) is 1. The van der Waals surface area contributed by atoms with Gasteiger partial charge in [0.1, 0.15) is 0 Å². The van der Waals surface area contributed by atoms with Gasteiger partial charge in [0.15, 0.2) is 33.7 Å². The summed E-state index contributed by atoms with van der Waals surface area (Å²) in [4.78, 5) is 25.8. The first kappa shape index (κ1) is 18.7. The molecule has 1 heterocycles. The average Bonchev–Trinajstić information content (AvgIpc) is 3.36. The summed E-state index contributed by atoms with van der Waals surface area (Å²) in [6.45, 7) is 1.27. The minimum absolute atomic E-state index is 0.0336. The molecule has 1 saturated carbocycles. The molecule has 1 aliphatic carbocycles. The van der Waals surface area contributed by atoms with Crippen LogP contribution in [0.25, 0.3) is 0 Å². The molecule has 1 saturated heterocycles. The van der Waals surface area contributed by atoms with Crippen molar-refractivity contribution in [3.8, 4) is 11.5 Å². The third-order valence-electron chi connectivity index (χ3n) is 4.75. The van der Waals surface area contributed by atoms with Gasteiger partial charge in [0.25, 0.3) is 5.91 Å². The number of ketones is 1. The number of methoxy groups -OCH3 is 1. The highest BCUT2D eigenvalue weighted by Crippen LogP contribution is 2.33. The van der Waals surface area contributed by atoms with E-state index in [4.69, 9.17) is 9.47 Å². The Hall–Kier alpha value is -2.09. The molecular formula is C18H23NO6S. The first-order chi connectivity index (χ1) is 12.3. The standard InChI is InChI=1S/C18H23NO6S/c1-12(20)13-3-6-16(17(9-13)24-2)25-10-18(21)19(14-4-5-14)15-7-8-26(22,23)11-15/h3,6,9,14-15H,4-5,7-8,10-11H2,1-2H3/t15-/m0/s1. The molecule has 7 nitrogen and oxygen atoms in total. The molecule has 0 aromatic heterocycles. The molecule has 8 heteroatoms. The molecule has 26 heavy (non-hydrogen) atoms. The summed E-state index contributed by atoms with van der Waals surface area (Å²) in [5, 5.41) is 0. The van der Waals surface area contributed by atoms with Crippen molar-refractivity contribution in [2.24, 2.45) is 0 Å². The minimum atomic E-state index is -3.06. The smallest absolute Gasteiger partial charge is 0.261 e. The first-order valence-electron chi connectivity index (χ1n) is 8.64. The number of rotatable bonds is 7. The Morgan fingerprint density at radius 2 is 1.88 bits per heavy atom. The predicted molar refractivity (Wildman–Crippen MR) is 95.4 cm³/mol. The van der Waals surface area contributed by atoms with Gasteiger partial charge >= 0.3 is 0 Å². The lowest BCUT2D eigenvalue weighted by Gasteiger charge is -2.28. The van der Waals surface area contributed by atoms with Crippen molar-refractivity contribution in [2.45, 2.75) is 38.3 Å². The van der Waals surface area contributed by atoms with Crippen molar-refractivity contribution in [1.29, 1.82) is 0 Å². The summed E-state index contributed by atoms with van der Waals surface area (Å²) in [5.41, 5.74) is 0.497. The lowest BCUT2D eigenvalue weighted by atomic mass is 10.1. The van der Waals surface area contributed by atoms with Crippen LogP contribution in [0.4, 0.5) is 0 Å². The Labute approximate surface area is 153 Å². The molecule has 1 amide bonds. The second-order valence-corrected chi connectivity index (χ2v) is 9.03. The van der Waals surface area contributed by atoms with Crippen LogP contribution in [0.15, 0.2) is 18.2 Å². The van der Waals surface area contributed by atoms with Gasteiger partial charge in [-0.3, -0.25) is 9.59 Å². The van der Waals surface area contributed by atoms with Gasteiger partial charge in [-0.05, 0) is 44.4 Å². The van der Waals surface area contributed by atoms with Crippen molar-refractivity contribution >= 4 is 21.5 Å². The Morgan fingerprint density at radius 1 is 1.15 bits per heavy atom. The highest BCUT2D eigenvalue weighted by Gasteiger charge is 2.42. The molecular weight excluding hydrogens is 358 g/mol. The SMILES string of the molecule is COc1cc(C(C)=O)ccc1OCC(=O)N(C1CC1)[C@H]1CCS(=O)(=O)C1. The average molecular weight is 381 g/mol. The highest BCUT2D eigenvalue weighted by molar-refractivity contribution is 7.91. The fourth-order valence-electron chi connectivity index (χ4n) is 3.27. The minimum Gasteiger partial charge on any atom is -0.493 e. The van der Waals surface area contributed by atoms with Gasteiger partial charge in [-0.25, -0.2) is 8.42 Å². The Kier molecular flexibility index (Phi) is 5.22. The second-order valence-electron chi connectivity index (χ2n) is 6.80. The first-order valence-corrected chi connectivity index (χ1v) is 10.5. The number of ether oxygens (including phenoxy) is 2.